The molecule has 214 valence electrons. The van der Waals surface area contributed by atoms with E-state index in [0.717, 1.165) is 22.3 Å². The second-order valence-electron chi connectivity index (χ2n) is 9.90. The molecule has 0 atom stereocenters. The molecule has 0 fully saturated rings. The maximum absolute atomic E-state index is 13.5. The summed E-state index contributed by atoms with van der Waals surface area (Å²) in [5, 5.41) is 10.4. The van der Waals surface area contributed by atoms with Gasteiger partial charge in [0.15, 0.2) is 11.9 Å². The number of nitrogens with zero attached hydrogens (tertiary/aromatic N) is 3. The molecule has 0 radical (unpaired) electrons. The van der Waals surface area contributed by atoms with E-state index < -0.39 is 12.2 Å². The largest absolute Gasteiger partial charge is 0.475 e. The summed E-state index contributed by atoms with van der Waals surface area (Å²) in [6, 6.07) is 41.0. The molecular weight excluding hydrogens is 540 g/mol. The van der Waals surface area contributed by atoms with Crippen LogP contribution in [0.2, 0.25) is 0 Å². The minimum absolute atomic E-state index is 0.0967. The number of aromatic amines is 1. The van der Waals surface area contributed by atoms with Gasteiger partial charge < -0.3 is 14.3 Å². The summed E-state index contributed by atoms with van der Waals surface area (Å²) < 4.78 is 14.0. The second kappa shape index (κ2) is 13.5. The van der Waals surface area contributed by atoms with Crippen LogP contribution in [0.5, 0.6) is 5.75 Å². The van der Waals surface area contributed by atoms with Crippen LogP contribution in [0.15, 0.2) is 145 Å². The van der Waals surface area contributed by atoms with E-state index in [4.69, 9.17) is 14.3 Å². The molecule has 2 aromatic heterocycles. The lowest BCUT2D eigenvalue weighted by atomic mass is 10.0. The van der Waals surface area contributed by atoms with Crippen LogP contribution in [0.25, 0.3) is 0 Å². The van der Waals surface area contributed by atoms with Gasteiger partial charge in [-0.05, 0) is 22.3 Å². The molecule has 6 aromatic rings. The van der Waals surface area contributed by atoms with E-state index in [1.165, 1.54) is 6.07 Å². The van der Waals surface area contributed by atoms with E-state index >= 15 is 0 Å². The molecule has 8 heteroatoms. The summed E-state index contributed by atoms with van der Waals surface area (Å²) >= 11 is 0. The Morgan fingerprint density at radius 1 is 0.674 bits per heavy atom. The van der Waals surface area contributed by atoms with Crippen molar-refractivity contribution in [2.45, 2.75) is 25.4 Å². The Balaban J connectivity index is 1.39. The number of ether oxygens (including phenoxy) is 2. The zero-order valence-electron chi connectivity index (χ0n) is 23.3. The SMILES string of the molecule is O=c1cc(COCc2cn[nH]n2)n(OC(c2ccccc2)c2ccccc2)cc1OC(c1ccccc1)c1ccccc1. The van der Waals surface area contributed by atoms with Crippen molar-refractivity contribution in [3.05, 3.63) is 184 Å². The van der Waals surface area contributed by atoms with E-state index in [1.54, 1.807) is 17.1 Å². The summed E-state index contributed by atoms with van der Waals surface area (Å²) in [7, 11) is 0. The number of rotatable bonds is 12. The molecule has 4 aromatic carbocycles. The molecule has 0 unspecified atom stereocenters. The fourth-order valence-electron chi connectivity index (χ4n) is 4.78. The van der Waals surface area contributed by atoms with Crippen LogP contribution < -0.4 is 15.0 Å². The molecule has 1 N–H and O–H groups in total. The third-order valence-electron chi connectivity index (χ3n) is 6.90. The van der Waals surface area contributed by atoms with Crippen LogP contribution >= 0.6 is 0 Å². The Kier molecular flexibility index (Phi) is 8.67. The lowest BCUT2D eigenvalue weighted by molar-refractivity contribution is 0.0297. The van der Waals surface area contributed by atoms with E-state index in [1.807, 2.05) is 121 Å². The molecular formula is C35H30N4O4. The molecule has 0 spiro atoms. The average Bonchev–Trinajstić information content (AvgIpc) is 3.59. The number of hydrogen-bond acceptors (Lipinski definition) is 6. The quantitative estimate of drug-likeness (QED) is 0.192. The van der Waals surface area contributed by atoms with E-state index in [9.17, 15) is 4.79 Å². The lowest BCUT2D eigenvalue weighted by Crippen LogP contribution is -2.26. The van der Waals surface area contributed by atoms with Crippen molar-refractivity contribution in [3.63, 3.8) is 0 Å². The minimum atomic E-state index is -0.503. The summed E-state index contributed by atoms with van der Waals surface area (Å²) in [6.07, 6.45) is 2.23. The van der Waals surface area contributed by atoms with Crippen LogP contribution in [0.4, 0.5) is 0 Å². The first-order valence-corrected chi connectivity index (χ1v) is 14.0. The van der Waals surface area contributed by atoms with Crippen molar-refractivity contribution >= 4 is 0 Å². The standard InChI is InChI=1S/C35H30N4O4/c40-32-21-31(25-41-24-30-22-36-38-37-30)39(43-35(28-17-9-3-10-18-28)29-19-11-4-12-20-29)23-33(32)42-34(26-13-5-1-6-14-26)27-15-7-2-8-16-27/h1-23,34-35H,24-25H2,(H,36,37,38). The van der Waals surface area contributed by atoms with E-state index in [0.29, 0.717) is 11.4 Å². The van der Waals surface area contributed by atoms with Gasteiger partial charge in [-0.15, -0.1) is 0 Å². The third-order valence-corrected chi connectivity index (χ3v) is 6.90. The number of hydrogen-bond donors (Lipinski definition) is 1. The molecule has 2 heterocycles. The van der Waals surface area contributed by atoms with Gasteiger partial charge in [0, 0.05) is 6.07 Å². The van der Waals surface area contributed by atoms with Crippen molar-refractivity contribution in [2.24, 2.45) is 0 Å². The summed E-state index contributed by atoms with van der Waals surface area (Å²) in [5.41, 5.74) is 4.64. The normalized spacial score (nSPS) is 11.1. The Morgan fingerprint density at radius 2 is 1.19 bits per heavy atom. The second-order valence-corrected chi connectivity index (χ2v) is 9.90. The highest BCUT2D eigenvalue weighted by molar-refractivity contribution is 5.34. The van der Waals surface area contributed by atoms with E-state index in [-0.39, 0.29) is 24.4 Å². The number of H-pyrrole nitrogens is 1. The molecule has 8 nitrogen and oxygen atoms in total. The first kappa shape index (κ1) is 27.7. The van der Waals surface area contributed by atoms with Crippen LogP contribution in [0.3, 0.4) is 0 Å². The Hall–Kier alpha value is -5.47. The van der Waals surface area contributed by atoms with Gasteiger partial charge >= 0.3 is 0 Å². The topological polar surface area (TPSA) is 91.3 Å². The fourth-order valence-corrected chi connectivity index (χ4v) is 4.78. The predicted octanol–water partition coefficient (Wildman–Crippen LogP) is 6.07. The minimum Gasteiger partial charge on any atom is -0.475 e. The van der Waals surface area contributed by atoms with Crippen molar-refractivity contribution < 1.29 is 14.3 Å². The maximum atomic E-state index is 13.5. The Bertz CT molecular complexity index is 1680. The number of aromatic nitrogens is 4. The Morgan fingerprint density at radius 3 is 1.67 bits per heavy atom. The van der Waals surface area contributed by atoms with Crippen LogP contribution in [0, 0.1) is 0 Å². The molecule has 0 saturated heterocycles. The van der Waals surface area contributed by atoms with Gasteiger partial charge in [0.05, 0.1) is 31.3 Å². The monoisotopic (exact) mass is 570 g/mol. The van der Waals surface area contributed by atoms with Gasteiger partial charge in [0.25, 0.3) is 0 Å². The first-order valence-electron chi connectivity index (χ1n) is 14.0. The summed E-state index contributed by atoms with van der Waals surface area (Å²) in [5.74, 6) is 0.151. The summed E-state index contributed by atoms with van der Waals surface area (Å²) in [4.78, 5) is 20.2. The molecule has 43 heavy (non-hydrogen) atoms. The van der Waals surface area contributed by atoms with Gasteiger partial charge in [0.2, 0.25) is 5.43 Å². The van der Waals surface area contributed by atoms with Gasteiger partial charge in [-0.1, -0.05) is 121 Å². The van der Waals surface area contributed by atoms with E-state index in [2.05, 4.69) is 15.4 Å². The zero-order valence-corrected chi connectivity index (χ0v) is 23.3. The highest BCUT2D eigenvalue weighted by atomic mass is 16.7. The van der Waals surface area contributed by atoms with Crippen molar-refractivity contribution in [1.82, 2.24) is 20.1 Å². The van der Waals surface area contributed by atoms with Gasteiger partial charge in [-0.3, -0.25) is 4.79 Å². The third kappa shape index (κ3) is 6.89. The average molecular weight is 571 g/mol. The predicted molar refractivity (Wildman–Crippen MR) is 162 cm³/mol. The molecule has 0 aliphatic heterocycles. The first-order chi connectivity index (χ1) is 21.2. The zero-order chi connectivity index (χ0) is 29.3. The molecule has 6 rings (SSSR count). The lowest BCUT2D eigenvalue weighted by Gasteiger charge is -2.25. The van der Waals surface area contributed by atoms with Gasteiger partial charge in [-0.2, -0.15) is 20.1 Å². The highest BCUT2D eigenvalue weighted by Gasteiger charge is 2.22. The number of benzene rings is 4. The van der Waals surface area contributed by atoms with Crippen molar-refractivity contribution in [1.29, 1.82) is 0 Å². The van der Waals surface area contributed by atoms with Crippen LogP contribution in [-0.4, -0.2) is 20.1 Å². The van der Waals surface area contributed by atoms with Crippen LogP contribution in [-0.2, 0) is 18.0 Å². The number of nitrogens with one attached hydrogen (secondary N) is 1. The molecule has 0 saturated carbocycles. The highest BCUT2D eigenvalue weighted by Crippen LogP contribution is 2.28. The van der Waals surface area contributed by atoms with Crippen LogP contribution in [0.1, 0.15) is 45.8 Å². The number of pyridine rings is 1. The Labute approximate surface area is 249 Å². The smallest absolute Gasteiger partial charge is 0.224 e. The molecule has 0 aliphatic carbocycles. The van der Waals surface area contributed by atoms with Gasteiger partial charge in [0.1, 0.15) is 11.8 Å². The maximum Gasteiger partial charge on any atom is 0.224 e. The van der Waals surface area contributed by atoms with Crippen molar-refractivity contribution in [3.8, 4) is 5.75 Å². The molecule has 0 amide bonds. The van der Waals surface area contributed by atoms with Gasteiger partial charge in [-0.25, -0.2) is 0 Å². The summed E-state index contributed by atoms with van der Waals surface area (Å²) in [6.45, 7) is 0.313. The van der Waals surface area contributed by atoms with Crippen molar-refractivity contribution in [2.75, 3.05) is 0 Å². The fraction of sp³-hybridized carbons (Fsp3) is 0.114. The molecule has 0 bridgehead atoms. The molecule has 0 aliphatic rings.